The van der Waals surface area contributed by atoms with E-state index in [1.807, 2.05) is 30.3 Å². The maximum atomic E-state index is 6.05. The molecule has 1 aromatic carbocycles. The highest BCUT2D eigenvalue weighted by atomic mass is 35.5. The number of halogens is 2. The number of benzene rings is 1. The van der Waals surface area contributed by atoms with Gasteiger partial charge in [0.2, 0.25) is 0 Å². The predicted octanol–water partition coefficient (Wildman–Crippen LogP) is 4.06. The lowest BCUT2D eigenvalue weighted by atomic mass is 10.1. The van der Waals surface area contributed by atoms with Crippen molar-refractivity contribution in [1.82, 2.24) is 4.98 Å². The Bertz CT molecular complexity index is 455. The van der Waals surface area contributed by atoms with Crippen LogP contribution in [0.2, 0.25) is 10.2 Å². The number of aromatic nitrogens is 1. The summed E-state index contributed by atoms with van der Waals surface area (Å²) in [7, 11) is 0. The van der Waals surface area contributed by atoms with Crippen LogP contribution in [0.25, 0.3) is 11.1 Å². The Morgan fingerprint density at radius 3 is 2.50 bits per heavy atom. The second-order valence-corrected chi connectivity index (χ2v) is 3.64. The highest BCUT2D eigenvalue weighted by Gasteiger charge is 2.02. The third-order valence-electron chi connectivity index (χ3n) is 1.91. The zero-order chi connectivity index (χ0) is 9.97. The summed E-state index contributed by atoms with van der Waals surface area (Å²) in [6.07, 6.45) is 1.67. The Morgan fingerprint density at radius 1 is 1.00 bits per heavy atom. The van der Waals surface area contributed by atoms with E-state index in [9.17, 15) is 0 Å². The summed E-state index contributed by atoms with van der Waals surface area (Å²) in [5.74, 6) is 0. The molecule has 0 amide bonds. The average Bonchev–Trinajstić information content (AvgIpc) is 2.18. The summed E-state index contributed by atoms with van der Waals surface area (Å²) in [6.45, 7) is 0. The minimum Gasteiger partial charge on any atom is -0.245 e. The van der Waals surface area contributed by atoms with Crippen molar-refractivity contribution >= 4 is 23.2 Å². The normalized spacial score (nSPS) is 10.1. The fourth-order valence-corrected chi connectivity index (χ4v) is 1.68. The van der Waals surface area contributed by atoms with Crippen LogP contribution in [-0.4, -0.2) is 4.98 Å². The molecule has 0 saturated carbocycles. The summed E-state index contributed by atoms with van der Waals surface area (Å²) in [5.41, 5.74) is 1.95. The molecule has 2 rings (SSSR count). The average molecular weight is 224 g/mol. The van der Waals surface area contributed by atoms with Gasteiger partial charge in [-0.15, -0.1) is 0 Å². The Hall–Kier alpha value is -1.05. The van der Waals surface area contributed by atoms with Gasteiger partial charge in [0.05, 0.1) is 0 Å². The minimum atomic E-state index is 0.474. The Kier molecular flexibility index (Phi) is 2.71. The lowest BCUT2D eigenvalue weighted by Crippen LogP contribution is -1.80. The number of pyridine rings is 1. The van der Waals surface area contributed by atoms with Crippen molar-refractivity contribution in [2.24, 2.45) is 0 Å². The van der Waals surface area contributed by atoms with E-state index in [2.05, 4.69) is 4.98 Å². The molecule has 0 aliphatic rings. The molecular weight excluding hydrogens is 217 g/mol. The van der Waals surface area contributed by atoms with Gasteiger partial charge in [0.1, 0.15) is 5.15 Å². The van der Waals surface area contributed by atoms with Gasteiger partial charge in [-0.25, -0.2) is 4.98 Å². The van der Waals surface area contributed by atoms with E-state index in [4.69, 9.17) is 23.2 Å². The molecule has 0 bridgehead atoms. The summed E-state index contributed by atoms with van der Waals surface area (Å²) >= 11 is 11.8. The quantitative estimate of drug-likeness (QED) is 0.665. The molecule has 2 aromatic rings. The molecule has 0 atom stereocenters. The van der Waals surface area contributed by atoms with Crippen LogP contribution in [-0.2, 0) is 0 Å². The fourth-order valence-electron chi connectivity index (χ4n) is 1.27. The number of nitrogens with zero attached hydrogens (tertiary/aromatic N) is 1. The summed E-state index contributed by atoms with van der Waals surface area (Å²) in [6, 6.07) is 11.3. The van der Waals surface area contributed by atoms with Gasteiger partial charge in [-0.1, -0.05) is 41.4 Å². The van der Waals surface area contributed by atoms with Crippen molar-refractivity contribution in [2.75, 3.05) is 0 Å². The zero-order valence-electron chi connectivity index (χ0n) is 7.24. The van der Waals surface area contributed by atoms with E-state index in [1.165, 1.54) is 0 Å². The van der Waals surface area contributed by atoms with Crippen molar-refractivity contribution in [2.45, 2.75) is 0 Å². The third kappa shape index (κ3) is 1.89. The first-order valence-corrected chi connectivity index (χ1v) is 4.89. The second-order valence-electron chi connectivity index (χ2n) is 2.85. The third-order valence-corrected chi connectivity index (χ3v) is 2.45. The maximum Gasteiger partial charge on any atom is 0.129 e. The molecule has 1 heterocycles. The first-order valence-electron chi connectivity index (χ1n) is 4.14. The van der Waals surface area contributed by atoms with Gasteiger partial charge in [-0.3, -0.25) is 0 Å². The highest BCUT2D eigenvalue weighted by molar-refractivity contribution is 6.33. The van der Waals surface area contributed by atoms with E-state index >= 15 is 0 Å². The van der Waals surface area contributed by atoms with Crippen molar-refractivity contribution in [3.8, 4) is 11.1 Å². The topological polar surface area (TPSA) is 12.9 Å². The van der Waals surface area contributed by atoms with Gasteiger partial charge in [-0.2, -0.15) is 0 Å². The molecule has 0 fully saturated rings. The van der Waals surface area contributed by atoms with Crippen LogP contribution in [0, 0.1) is 0 Å². The van der Waals surface area contributed by atoms with Crippen molar-refractivity contribution in [1.29, 1.82) is 0 Å². The van der Waals surface area contributed by atoms with Crippen LogP contribution in [0.1, 0.15) is 0 Å². The molecular formula is C11H7Cl2N. The Balaban J connectivity index is 2.55. The number of rotatable bonds is 1. The molecule has 0 N–H and O–H groups in total. The van der Waals surface area contributed by atoms with Crippen LogP contribution in [0.5, 0.6) is 0 Å². The van der Waals surface area contributed by atoms with Crippen molar-refractivity contribution in [3.05, 3.63) is 52.8 Å². The molecule has 14 heavy (non-hydrogen) atoms. The Labute approximate surface area is 92.3 Å². The maximum absolute atomic E-state index is 6.05. The van der Waals surface area contributed by atoms with E-state index < -0.39 is 0 Å². The molecule has 0 aliphatic carbocycles. The van der Waals surface area contributed by atoms with E-state index in [1.54, 1.807) is 12.3 Å². The first kappa shape index (κ1) is 9.50. The monoisotopic (exact) mass is 223 g/mol. The lowest BCUT2D eigenvalue weighted by Gasteiger charge is -2.03. The predicted molar refractivity (Wildman–Crippen MR) is 59.7 cm³/mol. The van der Waals surface area contributed by atoms with Crippen LogP contribution >= 0.6 is 23.2 Å². The standard InChI is InChI=1S/C11H7Cl2N/c12-10-4-2-1-3-9(10)8-5-6-14-11(13)7-8/h1-7H. The van der Waals surface area contributed by atoms with Gasteiger partial charge in [0.15, 0.2) is 0 Å². The molecule has 1 aromatic heterocycles. The summed E-state index contributed by atoms with van der Waals surface area (Å²) < 4.78 is 0. The van der Waals surface area contributed by atoms with Crippen molar-refractivity contribution in [3.63, 3.8) is 0 Å². The van der Waals surface area contributed by atoms with Crippen LogP contribution < -0.4 is 0 Å². The number of hydrogen-bond acceptors (Lipinski definition) is 1. The molecule has 0 spiro atoms. The van der Waals surface area contributed by atoms with Gasteiger partial charge in [0.25, 0.3) is 0 Å². The highest BCUT2D eigenvalue weighted by Crippen LogP contribution is 2.28. The van der Waals surface area contributed by atoms with Gasteiger partial charge < -0.3 is 0 Å². The molecule has 0 aliphatic heterocycles. The van der Waals surface area contributed by atoms with Crippen LogP contribution in [0.4, 0.5) is 0 Å². The van der Waals surface area contributed by atoms with Gasteiger partial charge in [-0.05, 0) is 23.8 Å². The molecule has 1 nitrogen and oxygen atoms in total. The molecule has 0 unspecified atom stereocenters. The van der Waals surface area contributed by atoms with Crippen molar-refractivity contribution < 1.29 is 0 Å². The summed E-state index contributed by atoms with van der Waals surface area (Å²) in [5, 5.41) is 1.19. The van der Waals surface area contributed by atoms with E-state index in [-0.39, 0.29) is 0 Å². The molecule has 0 radical (unpaired) electrons. The minimum absolute atomic E-state index is 0.474. The van der Waals surface area contributed by atoms with Crippen LogP contribution in [0.15, 0.2) is 42.6 Å². The largest absolute Gasteiger partial charge is 0.245 e. The van der Waals surface area contributed by atoms with Gasteiger partial charge >= 0.3 is 0 Å². The van der Waals surface area contributed by atoms with Crippen LogP contribution in [0.3, 0.4) is 0 Å². The van der Waals surface area contributed by atoms with E-state index in [0.29, 0.717) is 5.15 Å². The zero-order valence-corrected chi connectivity index (χ0v) is 8.76. The second kappa shape index (κ2) is 3.99. The number of hydrogen-bond donors (Lipinski definition) is 0. The molecule has 0 saturated heterocycles. The lowest BCUT2D eigenvalue weighted by molar-refractivity contribution is 1.33. The SMILES string of the molecule is Clc1cc(-c2ccccc2Cl)ccn1. The Morgan fingerprint density at radius 2 is 1.79 bits per heavy atom. The summed E-state index contributed by atoms with van der Waals surface area (Å²) in [4.78, 5) is 3.92. The molecule has 70 valence electrons. The van der Waals surface area contributed by atoms with E-state index in [0.717, 1.165) is 16.1 Å². The first-order chi connectivity index (χ1) is 6.77. The smallest absolute Gasteiger partial charge is 0.129 e. The molecule has 3 heteroatoms. The fraction of sp³-hybridized carbons (Fsp3) is 0. The van der Waals surface area contributed by atoms with Gasteiger partial charge in [0, 0.05) is 16.8 Å².